The molecule has 0 aliphatic heterocycles. The summed E-state index contributed by atoms with van der Waals surface area (Å²) in [6.07, 6.45) is 3.56. The fourth-order valence-electron chi connectivity index (χ4n) is 2.24. The molecule has 0 radical (unpaired) electrons. The number of nitrogens with zero attached hydrogens (tertiary/aromatic N) is 2. The third-order valence-corrected chi connectivity index (χ3v) is 3.33. The first kappa shape index (κ1) is 15.2. The Morgan fingerprint density at radius 3 is 2.43 bits per heavy atom. The van der Waals surface area contributed by atoms with Crippen molar-refractivity contribution < 1.29 is 9.90 Å². The molecule has 110 valence electrons. The predicted octanol–water partition coefficient (Wildman–Crippen LogP) is 2.80. The van der Waals surface area contributed by atoms with E-state index in [4.69, 9.17) is 5.11 Å². The van der Waals surface area contributed by atoms with Crippen molar-refractivity contribution in [2.24, 2.45) is 5.92 Å². The Labute approximate surface area is 125 Å². The molecule has 0 aliphatic carbocycles. The van der Waals surface area contributed by atoms with Crippen molar-refractivity contribution in [3.8, 4) is 0 Å². The lowest BCUT2D eigenvalue weighted by Crippen LogP contribution is -2.31. The maximum Gasteiger partial charge on any atom is 0.307 e. The molecule has 4 heteroatoms. The molecule has 0 bridgehead atoms. The number of pyridine rings is 1. The lowest BCUT2D eigenvalue weighted by Gasteiger charge is -2.24. The zero-order valence-corrected chi connectivity index (χ0v) is 12.1. The van der Waals surface area contributed by atoms with Crippen molar-refractivity contribution in [2.75, 3.05) is 6.54 Å². The topological polar surface area (TPSA) is 53.4 Å². The summed E-state index contributed by atoms with van der Waals surface area (Å²) in [4.78, 5) is 17.4. The molecule has 21 heavy (non-hydrogen) atoms. The maximum absolute atomic E-state index is 11.1. The van der Waals surface area contributed by atoms with E-state index in [2.05, 4.69) is 22.0 Å². The SMILES string of the molecule is CC(CN(Cc1ccccc1)Cc1cccnc1)C(=O)O. The summed E-state index contributed by atoms with van der Waals surface area (Å²) >= 11 is 0. The molecule has 2 rings (SSSR count). The van der Waals surface area contributed by atoms with Crippen molar-refractivity contribution in [3.05, 3.63) is 66.0 Å². The highest BCUT2D eigenvalue weighted by Crippen LogP contribution is 2.12. The first-order chi connectivity index (χ1) is 10.1. The van der Waals surface area contributed by atoms with Crippen LogP contribution in [0.15, 0.2) is 54.9 Å². The van der Waals surface area contributed by atoms with E-state index in [1.165, 1.54) is 5.56 Å². The second-order valence-electron chi connectivity index (χ2n) is 5.26. The van der Waals surface area contributed by atoms with E-state index in [9.17, 15) is 4.79 Å². The summed E-state index contributed by atoms with van der Waals surface area (Å²) in [5.74, 6) is -1.16. The molecular weight excluding hydrogens is 264 g/mol. The molecule has 0 fully saturated rings. The van der Waals surface area contributed by atoms with E-state index in [1.807, 2.05) is 36.5 Å². The highest BCUT2D eigenvalue weighted by atomic mass is 16.4. The van der Waals surface area contributed by atoms with Gasteiger partial charge in [0.15, 0.2) is 0 Å². The number of hydrogen-bond acceptors (Lipinski definition) is 3. The van der Waals surface area contributed by atoms with Crippen molar-refractivity contribution in [1.29, 1.82) is 0 Å². The third kappa shape index (κ3) is 5.00. The molecule has 0 saturated heterocycles. The van der Waals surface area contributed by atoms with Crippen LogP contribution >= 0.6 is 0 Å². The monoisotopic (exact) mass is 284 g/mol. The standard InChI is InChI=1S/C17H20N2O2/c1-14(17(20)21)11-19(12-15-6-3-2-4-7-15)13-16-8-5-9-18-10-16/h2-10,14H,11-13H2,1H3,(H,20,21). The summed E-state index contributed by atoms with van der Waals surface area (Å²) in [7, 11) is 0. The summed E-state index contributed by atoms with van der Waals surface area (Å²) < 4.78 is 0. The van der Waals surface area contributed by atoms with Gasteiger partial charge in [0.1, 0.15) is 0 Å². The minimum Gasteiger partial charge on any atom is -0.481 e. The van der Waals surface area contributed by atoms with Crippen LogP contribution in [0.3, 0.4) is 0 Å². The molecule has 1 unspecified atom stereocenters. The van der Waals surface area contributed by atoms with Crippen LogP contribution in [-0.4, -0.2) is 27.5 Å². The fraction of sp³-hybridized carbons (Fsp3) is 0.294. The maximum atomic E-state index is 11.1. The van der Waals surface area contributed by atoms with Crippen molar-refractivity contribution in [3.63, 3.8) is 0 Å². The molecule has 4 nitrogen and oxygen atoms in total. The van der Waals surface area contributed by atoms with Gasteiger partial charge in [-0.15, -0.1) is 0 Å². The molecule has 1 heterocycles. The number of benzene rings is 1. The Kier molecular flexibility index (Phi) is 5.46. The van der Waals surface area contributed by atoms with Crippen LogP contribution in [0.4, 0.5) is 0 Å². The Balaban J connectivity index is 2.08. The highest BCUT2D eigenvalue weighted by molar-refractivity contribution is 5.69. The zero-order valence-electron chi connectivity index (χ0n) is 12.1. The van der Waals surface area contributed by atoms with Gasteiger partial charge in [0.2, 0.25) is 0 Å². The van der Waals surface area contributed by atoms with Crippen LogP contribution in [0.2, 0.25) is 0 Å². The lowest BCUT2D eigenvalue weighted by atomic mass is 10.1. The van der Waals surface area contributed by atoms with E-state index in [-0.39, 0.29) is 0 Å². The van der Waals surface area contributed by atoms with Crippen LogP contribution in [-0.2, 0) is 17.9 Å². The second-order valence-corrected chi connectivity index (χ2v) is 5.26. The molecule has 0 saturated carbocycles. The van der Waals surface area contributed by atoms with Gasteiger partial charge in [0.25, 0.3) is 0 Å². The largest absolute Gasteiger partial charge is 0.481 e. The van der Waals surface area contributed by atoms with E-state index in [1.54, 1.807) is 13.1 Å². The van der Waals surface area contributed by atoms with Gasteiger partial charge < -0.3 is 5.11 Å². The van der Waals surface area contributed by atoms with Gasteiger partial charge in [-0.1, -0.05) is 43.3 Å². The van der Waals surface area contributed by atoms with E-state index in [0.29, 0.717) is 13.1 Å². The lowest BCUT2D eigenvalue weighted by molar-refractivity contribution is -0.141. The van der Waals surface area contributed by atoms with Crippen LogP contribution in [0, 0.1) is 5.92 Å². The summed E-state index contributed by atoms with van der Waals surface area (Å²) in [5.41, 5.74) is 2.27. The molecule has 0 amide bonds. The molecular formula is C17H20N2O2. The second kappa shape index (κ2) is 7.55. The normalized spacial score (nSPS) is 12.3. The zero-order chi connectivity index (χ0) is 15.1. The van der Waals surface area contributed by atoms with Gasteiger partial charge in [-0.2, -0.15) is 0 Å². The van der Waals surface area contributed by atoms with Gasteiger partial charge in [-0.3, -0.25) is 14.7 Å². The first-order valence-corrected chi connectivity index (χ1v) is 7.03. The van der Waals surface area contributed by atoms with Crippen LogP contribution in [0.25, 0.3) is 0 Å². The molecule has 1 atom stereocenters. The average Bonchev–Trinajstić information content (AvgIpc) is 2.49. The van der Waals surface area contributed by atoms with Crippen LogP contribution in [0.5, 0.6) is 0 Å². The number of rotatable bonds is 7. The third-order valence-electron chi connectivity index (χ3n) is 3.33. The minimum atomic E-state index is -0.765. The molecule has 1 aromatic carbocycles. The predicted molar refractivity (Wildman–Crippen MR) is 81.6 cm³/mol. The summed E-state index contributed by atoms with van der Waals surface area (Å²) in [6.45, 7) is 3.68. The number of carboxylic acids is 1. The van der Waals surface area contributed by atoms with Gasteiger partial charge in [-0.05, 0) is 17.2 Å². The molecule has 0 aliphatic rings. The number of hydrogen-bond donors (Lipinski definition) is 1. The molecule has 1 N–H and O–H groups in total. The van der Waals surface area contributed by atoms with Crippen LogP contribution < -0.4 is 0 Å². The number of carboxylic acid groups (broad SMARTS) is 1. The Bertz CT molecular complexity index is 516. The molecule has 2 aromatic rings. The quantitative estimate of drug-likeness (QED) is 0.849. The van der Waals surface area contributed by atoms with E-state index in [0.717, 1.165) is 12.1 Å². The Morgan fingerprint density at radius 2 is 1.81 bits per heavy atom. The number of aliphatic carboxylic acids is 1. The van der Waals surface area contributed by atoms with Gasteiger partial charge >= 0.3 is 5.97 Å². The average molecular weight is 284 g/mol. The molecule has 1 aromatic heterocycles. The highest BCUT2D eigenvalue weighted by Gasteiger charge is 2.16. The Morgan fingerprint density at radius 1 is 1.14 bits per heavy atom. The summed E-state index contributed by atoms with van der Waals surface area (Å²) in [6, 6.07) is 14.0. The fourth-order valence-corrected chi connectivity index (χ4v) is 2.24. The Hall–Kier alpha value is -2.20. The van der Waals surface area contributed by atoms with E-state index < -0.39 is 11.9 Å². The first-order valence-electron chi connectivity index (χ1n) is 7.03. The van der Waals surface area contributed by atoms with Crippen molar-refractivity contribution in [2.45, 2.75) is 20.0 Å². The van der Waals surface area contributed by atoms with E-state index >= 15 is 0 Å². The summed E-state index contributed by atoms with van der Waals surface area (Å²) in [5, 5.41) is 9.12. The number of carbonyl (C=O) groups is 1. The smallest absolute Gasteiger partial charge is 0.307 e. The van der Waals surface area contributed by atoms with Gasteiger partial charge in [0, 0.05) is 32.0 Å². The van der Waals surface area contributed by atoms with Crippen molar-refractivity contribution >= 4 is 5.97 Å². The van der Waals surface area contributed by atoms with Gasteiger partial charge in [0.05, 0.1) is 5.92 Å². The van der Waals surface area contributed by atoms with Crippen LogP contribution in [0.1, 0.15) is 18.1 Å². The number of aromatic nitrogens is 1. The van der Waals surface area contributed by atoms with Gasteiger partial charge in [-0.25, -0.2) is 0 Å². The van der Waals surface area contributed by atoms with Crippen molar-refractivity contribution in [1.82, 2.24) is 9.88 Å². The molecule has 0 spiro atoms. The minimum absolute atomic E-state index is 0.398.